The fourth-order valence-electron chi connectivity index (χ4n) is 0.763. The second-order valence-electron chi connectivity index (χ2n) is 2.16. The van der Waals surface area contributed by atoms with E-state index in [-0.39, 0.29) is 11.1 Å². The molecule has 1 heterocycles. The van der Waals surface area contributed by atoms with Crippen molar-refractivity contribution < 1.29 is 9.90 Å². The largest absolute Gasteiger partial charge is 0.477 e. The number of pyridine rings is 1. The van der Waals surface area contributed by atoms with Crippen LogP contribution < -0.4 is 5.43 Å². The number of carboxylic acid groups (broad SMARTS) is 1. The highest BCUT2D eigenvalue weighted by Crippen LogP contribution is 1.92. The van der Waals surface area contributed by atoms with Gasteiger partial charge < -0.3 is 9.67 Å². The molecule has 0 amide bonds. The molecule has 4 heteroatoms. The van der Waals surface area contributed by atoms with E-state index < -0.39 is 5.97 Å². The minimum Gasteiger partial charge on any atom is -0.477 e. The molecule has 0 radical (unpaired) electrons. The Hall–Kier alpha value is -1.58. The normalized spacial score (nSPS) is 9.55. The zero-order chi connectivity index (χ0) is 8.43. The van der Waals surface area contributed by atoms with Crippen LogP contribution >= 0.6 is 0 Å². The molecule has 1 aromatic heterocycles. The average molecular weight is 153 g/mol. The number of hydrogen-bond acceptors (Lipinski definition) is 2. The van der Waals surface area contributed by atoms with E-state index in [1.165, 1.54) is 16.8 Å². The van der Waals surface area contributed by atoms with Gasteiger partial charge in [-0.05, 0) is 0 Å². The zero-order valence-corrected chi connectivity index (χ0v) is 5.94. The molecule has 0 aliphatic rings. The van der Waals surface area contributed by atoms with Crippen LogP contribution in [0.25, 0.3) is 0 Å². The highest BCUT2D eigenvalue weighted by atomic mass is 16.4. The monoisotopic (exact) mass is 153 g/mol. The molecule has 0 aliphatic heterocycles. The van der Waals surface area contributed by atoms with Crippen LogP contribution in [0.4, 0.5) is 0 Å². The van der Waals surface area contributed by atoms with Crippen molar-refractivity contribution in [2.75, 3.05) is 0 Å². The predicted molar refractivity (Wildman–Crippen MR) is 38.6 cm³/mol. The molecule has 0 unspecified atom stereocenters. The molecule has 0 aromatic carbocycles. The molecule has 11 heavy (non-hydrogen) atoms. The summed E-state index contributed by atoms with van der Waals surface area (Å²) >= 11 is 0. The molecule has 0 atom stereocenters. The predicted octanol–water partition coefficient (Wildman–Crippen LogP) is 0.0835. The Kier molecular flexibility index (Phi) is 1.76. The van der Waals surface area contributed by atoms with Gasteiger partial charge in [-0.1, -0.05) is 0 Å². The van der Waals surface area contributed by atoms with E-state index in [0.29, 0.717) is 0 Å². The smallest absolute Gasteiger partial charge is 0.352 e. The second kappa shape index (κ2) is 2.57. The van der Waals surface area contributed by atoms with Gasteiger partial charge in [-0.2, -0.15) is 0 Å². The van der Waals surface area contributed by atoms with Crippen molar-refractivity contribution in [3.05, 3.63) is 34.2 Å². The first-order valence-electron chi connectivity index (χ1n) is 3.01. The summed E-state index contributed by atoms with van der Waals surface area (Å²) in [6.07, 6.45) is 1.42. The molecule has 0 fully saturated rings. The molecule has 58 valence electrons. The van der Waals surface area contributed by atoms with Gasteiger partial charge in [0.05, 0.1) is 0 Å². The molecule has 1 rings (SSSR count). The average Bonchev–Trinajstić information content (AvgIpc) is 1.94. The Labute approximate surface area is 62.7 Å². The van der Waals surface area contributed by atoms with Gasteiger partial charge in [0.15, 0.2) is 5.43 Å². The summed E-state index contributed by atoms with van der Waals surface area (Å²) < 4.78 is 1.38. The molecule has 1 aromatic rings. The standard InChI is InChI=1S/C7H7NO3/c1-8-3-2-5(9)4-6(8)7(10)11/h2-4H,1H3,(H,10,11). The summed E-state index contributed by atoms with van der Waals surface area (Å²) in [7, 11) is 1.57. The van der Waals surface area contributed by atoms with E-state index in [4.69, 9.17) is 5.11 Å². The fraction of sp³-hybridized carbons (Fsp3) is 0.143. The molecule has 1 N–H and O–H groups in total. The first-order valence-corrected chi connectivity index (χ1v) is 3.01. The van der Waals surface area contributed by atoms with E-state index in [9.17, 15) is 9.59 Å². The van der Waals surface area contributed by atoms with Crippen molar-refractivity contribution in [3.8, 4) is 0 Å². The summed E-state index contributed by atoms with van der Waals surface area (Å²) in [6, 6.07) is 2.40. The van der Waals surface area contributed by atoms with Crippen LogP contribution in [0.5, 0.6) is 0 Å². The maximum atomic E-state index is 10.7. The van der Waals surface area contributed by atoms with Crippen LogP contribution in [-0.4, -0.2) is 15.6 Å². The SMILES string of the molecule is Cn1ccc(=O)cc1C(=O)O. The van der Waals surface area contributed by atoms with Crippen LogP contribution in [0.2, 0.25) is 0 Å². The van der Waals surface area contributed by atoms with E-state index in [0.717, 1.165) is 6.07 Å². The van der Waals surface area contributed by atoms with Crippen LogP contribution in [0, 0.1) is 0 Å². The third kappa shape index (κ3) is 1.46. The first-order chi connectivity index (χ1) is 5.11. The number of carboxylic acids is 1. The number of aromatic carboxylic acids is 1. The number of nitrogens with zero attached hydrogens (tertiary/aromatic N) is 1. The molecule has 0 saturated carbocycles. The van der Waals surface area contributed by atoms with Gasteiger partial charge in [0.2, 0.25) is 0 Å². The maximum absolute atomic E-state index is 10.7. The Morgan fingerprint density at radius 1 is 1.64 bits per heavy atom. The summed E-state index contributed by atoms with van der Waals surface area (Å²) in [5.74, 6) is -1.09. The van der Waals surface area contributed by atoms with Gasteiger partial charge in [-0.15, -0.1) is 0 Å². The van der Waals surface area contributed by atoms with Crippen molar-refractivity contribution in [2.24, 2.45) is 7.05 Å². The van der Waals surface area contributed by atoms with Crippen molar-refractivity contribution in [3.63, 3.8) is 0 Å². The summed E-state index contributed by atoms with van der Waals surface area (Å²) in [6.45, 7) is 0. The third-order valence-electron chi connectivity index (χ3n) is 1.34. The van der Waals surface area contributed by atoms with Crippen molar-refractivity contribution in [1.82, 2.24) is 4.57 Å². The third-order valence-corrected chi connectivity index (χ3v) is 1.34. The minimum atomic E-state index is -1.09. The number of aromatic nitrogens is 1. The van der Waals surface area contributed by atoms with Crippen LogP contribution in [-0.2, 0) is 7.05 Å². The van der Waals surface area contributed by atoms with Crippen LogP contribution in [0.1, 0.15) is 10.5 Å². The fourth-order valence-corrected chi connectivity index (χ4v) is 0.763. The van der Waals surface area contributed by atoms with E-state index >= 15 is 0 Å². The Morgan fingerprint density at radius 2 is 2.27 bits per heavy atom. The highest BCUT2D eigenvalue weighted by molar-refractivity contribution is 5.85. The van der Waals surface area contributed by atoms with Gasteiger partial charge >= 0.3 is 5.97 Å². The topological polar surface area (TPSA) is 59.3 Å². The number of rotatable bonds is 1. The molecule has 0 spiro atoms. The van der Waals surface area contributed by atoms with Gasteiger partial charge in [-0.3, -0.25) is 4.79 Å². The summed E-state index contributed by atoms with van der Waals surface area (Å²) in [5.41, 5.74) is -0.294. The number of carbonyl (C=O) groups is 1. The molecular weight excluding hydrogens is 146 g/mol. The van der Waals surface area contributed by atoms with Crippen molar-refractivity contribution in [1.29, 1.82) is 0 Å². The number of aryl methyl sites for hydroxylation is 1. The maximum Gasteiger partial charge on any atom is 0.352 e. The van der Waals surface area contributed by atoms with Crippen molar-refractivity contribution >= 4 is 5.97 Å². The second-order valence-corrected chi connectivity index (χ2v) is 2.16. The van der Waals surface area contributed by atoms with Crippen LogP contribution in [0.3, 0.4) is 0 Å². The Bertz CT molecular complexity index is 340. The van der Waals surface area contributed by atoms with Crippen LogP contribution in [0.15, 0.2) is 23.1 Å². The lowest BCUT2D eigenvalue weighted by Gasteiger charge is -2.00. The van der Waals surface area contributed by atoms with E-state index in [2.05, 4.69) is 0 Å². The molecule has 0 bridgehead atoms. The van der Waals surface area contributed by atoms with Gasteiger partial charge in [0, 0.05) is 25.4 Å². The molecule has 0 aliphatic carbocycles. The highest BCUT2D eigenvalue weighted by Gasteiger charge is 2.04. The zero-order valence-electron chi connectivity index (χ0n) is 5.94. The lowest BCUT2D eigenvalue weighted by atomic mass is 10.3. The molecule has 4 nitrogen and oxygen atoms in total. The first kappa shape index (κ1) is 7.53. The molecular formula is C7H7NO3. The summed E-state index contributed by atoms with van der Waals surface area (Å²) in [5, 5.41) is 8.53. The van der Waals surface area contributed by atoms with Gasteiger partial charge in [0.25, 0.3) is 0 Å². The van der Waals surface area contributed by atoms with E-state index in [1.54, 1.807) is 7.05 Å². The number of hydrogen-bond donors (Lipinski definition) is 1. The Morgan fingerprint density at radius 3 is 2.73 bits per heavy atom. The van der Waals surface area contributed by atoms with Gasteiger partial charge in [0.1, 0.15) is 5.69 Å². The van der Waals surface area contributed by atoms with Gasteiger partial charge in [-0.25, -0.2) is 4.79 Å². The minimum absolute atomic E-state index is 0.00231. The lowest BCUT2D eigenvalue weighted by molar-refractivity contribution is 0.0685. The molecule has 0 saturated heterocycles. The Balaban J connectivity index is 3.35. The quantitative estimate of drug-likeness (QED) is 0.621. The van der Waals surface area contributed by atoms with Crippen molar-refractivity contribution in [2.45, 2.75) is 0 Å². The summed E-state index contributed by atoms with van der Waals surface area (Å²) in [4.78, 5) is 21.1. The van der Waals surface area contributed by atoms with E-state index in [1.807, 2.05) is 0 Å². The lowest BCUT2D eigenvalue weighted by Crippen LogP contribution is -2.12.